The monoisotopic (exact) mass is 763 g/mol. The number of hydrogen-bond donors (Lipinski definition) is 2. The van der Waals surface area contributed by atoms with E-state index < -0.39 is 7.12 Å². The van der Waals surface area contributed by atoms with Crippen molar-refractivity contribution in [3.05, 3.63) is 170 Å². The summed E-state index contributed by atoms with van der Waals surface area (Å²) in [7, 11) is -1.39. The summed E-state index contributed by atoms with van der Waals surface area (Å²) in [5.74, 6) is 0. The Labute approximate surface area is 291 Å². The zero-order valence-electron chi connectivity index (χ0n) is 24.2. The van der Waals surface area contributed by atoms with Crippen molar-refractivity contribution < 1.29 is 14.8 Å². The van der Waals surface area contributed by atoms with Gasteiger partial charge in [0.2, 0.25) is 0 Å². The zero-order chi connectivity index (χ0) is 31.5. The molecule has 2 nitrogen and oxygen atoms in total. The van der Waals surface area contributed by atoms with Gasteiger partial charge in [-0.05, 0) is 87.7 Å². The molecule has 0 unspecified atom stereocenters. The van der Waals surface area contributed by atoms with Gasteiger partial charge in [0, 0.05) is 19.0 Å². The first-order chi connectivity index (χ1) is 21.2. The Hall–Kier alpha value is -3.23. The number of aryl methyl sites for hydroxylation is 1. The second-order valence-electron chi connectivity index (χ2n) is 9.91. The van der Waals surface area contributed by atoms with Gasteiger partial charge in [0.25, 0.3) is 0 Å². The predicted octanol–water partition coefficient (Wildman–Crippen LogP) is 7.88. The van der Waals surface area contributed by atoms with Gasteiger partial charge in [0.05, 0.1) is 0 Å². The van der Waals surface area contributed by atoms with Crippen molar-refractivity contribution in [1.29, 1.82) is 0 Å². The third-order valence-electron chi connectivity index (χ3n) is 6.51. The number of benzene rings is 6. The van der Waals surface area contributed by atoms with Crippen molar-refractivity contribution in [2.24, 2.45) is 0 Å². The van der Waals surface area contributed by atoms with Crippen LogP contribution >= 0.6 is 55.1 Å². The normalized spacial score (nSPS) is 9.93. The largest absolute Gasteiger partial charge is 1.00 e. The lowest BCUT2D eigenvalue weighted by Gasteiger charge is -2.06. The number of rotatable bonds is 4. The van der Waals surface area contributed by atoms with E-state index in [0.29, 0.717) is 5.46 Å². The lowest BCUT2D eigenvalue weighted by molar-refractivity contribution is -0.0000108. The summed E-state index contributed by atoms with van der Waals surface area (Å²) in [6.07, 6.45) is 0. The van der Waals surface area contributed by atoms with Gasteiger partial charge in [-0.25, -0.2) is 0 Å². The molecule has 0 atom stereocenters. The smallest absolute Gasteiger partial charge is 0.488 e. The summed E-state index contributed by atoms with van der Waals surface area (Å²) in [5, 5.41) is 19.4. The van der Waals surface area contributed by atoms with E-state index in [2.05, 4.69) is 86.5 Å². The number of halogens is 5. The molecule has 0 bridgehead atoms. The van der Waals surface area contributed by atoms with Crippen LogP contribution in [0.3, 0.4) is 0 Å². The van der Waals surface area contributed by atoms with Crippen molar-refractivity contribution in [3.8, 4) is 33.4 Å². The van der Waals surface area contributed by atoms with E-state index in [0.717, 1.165) is 41.2 Å². The van der Waals surface area contributed by atoms with E-state index in [4.69, 9.17) is 33.2 Å². The van der Waals surface area contributed by atoms with Crippen LogP contribution in [0.2, 0.25) is 10.0 Å². The highest BCUT2D eigenvalue weighted by atomic mass is 79.9. The van der Waals surface area contributed by atoms with Crippen molar-refractivity contribution in [2.45, 2.75) is 6.92 Å². The first-order valence-electron chi connectivity index (χ1n) is 13.7. The third kappa shape index (κ3) is 11.6. The molecule has 0 amide bonds. The Morgan fingerprint density at radius 3 is 1.24 bits per heavy atom. The Bertz CT molecular complexity index is 1700. The lowest BCUT2D eigenvalue weighted by atomic mass is 9.80. The molecule has 0 aliphatic carbocycles. The summed E-state index contributed by atoms with van der Waals surface area (Å²) < 4.78 is 2.03. The molecule has 0 spiro atoms. The van der Waals surface area contributed by atoms with Crippen LogP contribution in [-0.4, -0.2) is 17.2 Å². The van der Waals surface area contributed by atoms with Crippen molar-refractivity contribution in [2.75, 3.05) is 0 Å². The van der Waals surface area contributed by atoms with Gasteiger partial charge in [0.15, 0.2) is 0 Å². The van der Waals surface area contributed by atoms with Crippen LogP contribution in [0.25, 0.3) is 33.4 Å². The molecule has 0 saturated heterocycles. The maximum Gasteiger partial charge on any atom is 0.488 e. The molecule has 45 heavy (non-hydrogen) atoms. The first kappa shape index (κ1) is 36.2. The van der Waals surface area contributed by atoms with Crippen LogP contribution in [0.1, 0.15) is 5.56 Å². The molecule has 0 fully saturated rings. The van der Waals surface area contributed by atoms with E-state index in [-0.39, 0.29) is 4.70 Å². The van der Waals surface area contributed by atoms with Gasteiger partial charge < -0.3 is 14.8 Å². The molecular weight excluding hydrogens is 737 g/mol. The standard InChI is InChI=1S/C18H12BrCl.C12H11BO2.C7H6BrCl.FH/c19-17-10-16(11-18(20)12-17)15-8-6-14(7-9-15)13-4-2-1-3-5-13;14-13(15)12-8-6-11(7-9-12)10-4-2-1-3-5-10;1-5-2-6(8)4-7(9)3-5;/h1-12H;1-9,14-15H;2-4H,1H3;1H/p-1. The molecule has 8 heteroatoms. The average Bonchev–Trinajstić information content (AvgIpc) is 3.02. The second kappa shape index (κ2) is 18.1. The van der Waals surface area contributed by atoms with Crippen LogP contribution in [0.5, 0.6) is 0 Å². The quantitative estimate of drug-likeness (QED) is 0.180. The molecule has 6 rings (SSSR count). The van der Waals surface area contributed by atoms with E-state index in [1.54, 1.807) is 12.1 Å². The Balaban J connectivity index is 0.000000195. The van der Waals surface area contributed by atoms with Gasteiger partial charge in [-0.1, -0.05) is 164 Å². The zero-order valence-corrected chi connectivity index (χ0v) is 28.9. The van der Waals surface area contributed by atoms with Crippen LogP contribution in [-0.2, 0) is 0 Å². The fourth-order valence-corrected chi connectivity index (χ4v) is 6.27. The minimum Gasteiger partial charge on any atom is -1.00 e. The van der Waals surface area contributed by atoms with Crippen LogP contribution in [0.4, 0.5) is 0 Å². The molecule has 2 N–H and O–H groups in total. The summed E-state index contributed by atoms with van der Waals surface area (Å²) in [4.78, 5) is 0. The molecule has 0 aliphatic heterocycles. The van der Waals surface area contributed by atoms with E-state index >= 15 is 0 Å². The lowest BCUT2D eigenvalue weighted by Crippen LogP contribution is -3.00. The summed E-state index contributed by atoms with van der Waals surface area (Å²) >= 11 is 18.6. The van der Waals surface area contributed by atoms with Gasteiger partial charge >= 0.3 is 7.12 Å². The molecular formula is C37H29BBr2Cl2FO2-. The molecule has 0 aliphatic rings. The maximum atomic E-state index is 8.94. The van der Waals surface area contributed by atoms with Gasteiger partial charge in [0.1, 0.15) is 0 Å². The van der Waals surface area contributed by atoms with Gasteiger partial charge in [-0.2, -0.15) is 0 Å². The van der Waals surface area contributed by atoms with Gasteiger partial charge in [-0.15, -0.1) is 0 Å². The molecule has 228 valence electrons. The average molecular weight is 766 g/mol. The molecule has 6 aromatic rings. The van der Waals surface area contributed by atoms with Crippen LogP contribution in [0.15, 0.2) is 155 Å². The van der Waals surface area contributed by atoms with Gasteiger partial charge in [-0.3, -0.25) is 0 Å². The summed E-state index contributed by atoms with van der Waals surface area (Å²) in [6.45, 7) is 2.01. The van der Waals surface area contributed by atoms with Crippen molar-refractivity contribution in [3.63, 3.8) is 0 Å². The highest BCUT2D eigenvalue weighted by Crippen LogP contribution is 2.29. The highest BCUT2D eigenvalue weighted by molar-refractivity contribution is 9.10. The Kier molecular flexibility index (Phi) is 14.5. The summed E-state index contributed by atoms with van der Waals surface area (Å²) in [6, 6.07) is 47.8. The molecule has 0 aromatic heterocycles. The summed E-state index contributed by atoms with van der Waals surface area (Å²) in [5.41, 5.74) is 8.60. The SMILES string of the molecule is Cc1cc(Cl)cc(Br)c1.Clc1cc(Br)cc(-c2ccc(-c3ccccc3)cc2)c1.OB(O)c1ccc(-c2ccccc2)cc1.[F-]. The van der Waals surface area contributed by atoms with E-state index in [1.807, 2.05) is 85.8 Å². The minimum atomic E-state index is -1.39. The minimum absolute atomic E-state index is 0. The van der Waals surface area contributed by atoms with Crippen molar-refractivity contribution in [1.82, 2.24) is 0 Å². The molecule has 0 radical (unpaired) electrons. The predicted molar refractivity (Wildman–Crippen MR) is 196 cm³/mol. The fraction of sp³-hybridized carbons (Fsp3) is 0.0270. The Morgan fingerprint density at radius 1 is 0.467 bits per heavy atom. The molecule has 6 aromatic carbocycles. The highest BCUT2D eigenvalue weighted by Gasteiger charge is 2.09. The first-order valence-corrected chi connectivity index (χ1v) is 16.1. The van der Waals surface area contributed by atoms with Crippen LogP contribution < -0.4 is 10.2 Å². The van der Waals surface area contributed by atoms with E-state index in [9.17, 15) is 0 Å². The number of hydrogen-bond acceptors (Lipinski definition) is 2. The third-order valence-corrected chi connectivity index (χ3v) is 7.86. The van der Waals surface area contributed by atoms with E-state index in [1.165, 1.54) is 16.7 Å². The fourth-order valence-electron chi connectivity index (χ4n) is 4.38. The second-order valence-corrected chi connectivity index (χ2v) is 12.6. The molecule has 0 saturated carbocycles. The molecule has 0 heterocycles. The van der Waals surface area contributed by atoms with Crippen molar-refractivity contribution >= 4 is 67.6 Å². The topological polar surface area (TPSA) is 40.5 Å². The maximum absolute atomic E-state index is 8.94. The van der Waals surface area contributed by atoms with Crippen LogP contribution in [0, 0.1) is 6.92 Å². The Morgan fingerprint density at radius 2 is 0.844 bits per heavy atom.